The Morgan fingerprint density at radius 3 is 2.67 bits per heavy atom. The van der Waals surface area contributed by atoms with Gasteiger partial charge in [0.05, 0.1) is 27.5 Å². The van der Waals surface area contributed by atoms with E-state index in [0.717, 1.165) is 15.2 Å². The lowest BCUT2D eigenvalue weighted by Crippen LogP contribution is -1.96. The number of nitrogens with zero attached hydrogens (tertiary/aromatic N) is 1. The van der Waals surface area contributed by atoms with Gasteiger partial charge in [0.2, 0.25) is 0 Å². The summed E-state index contributed by atoms with van der Waals surface area (Å²) < 4.78 is 12.6. The first-order valence-electron chi connectivity index (χ1n) is 6.73. The third-order valence-electron chi connectivity index (χ3n) is 3.00. The number of anilines is 1. The second-order valence-corrected chi connectivity index (χ2v) is 5.81. The van der Waals surface area contributed by atoms with Gasteiger partial charge in [-0.1, -0.05) is 12.1 Å². The molecule has 0 fully saturated rings. The van der Waals surface area contributed by atoms with E-state index < -0.39 is 0 Å². The molecule has 1 aromatic heterocycles. The van der Waals surface area contributed by atoms with Gasteiger partial charge in [-0.3, -0.25) is 0 Å². The van der Waals surface area contributed by atoms with Crippen LogP contribution in [0.3, 0.4) is 0 Å². The number of para-hydroxylation sites is 2. The summed E-state index contributed by atoms with van der Waals surface area (Å²) in [5.74, 6) is 1.95. The number of thiazole rings is 1. The molecule has 5 heteroatoms. The minimum Gasteiger partial charge on any atom is -0.490 e. The second kappa shape index (κ2) is 5.61. The molecule has 4 nitrogen and oxygen atoms in total. The van der Waals surface area contributed by atoms with Crippen molar-refractivity contribution in [3.8, 4) is 17.2 Å². The number of benzene rings is 2. The van der Waals surface area contributed by atoms with Crippen LogP contribution in [-0.2, 0) is 0 Å². The van der Waals surface area contributed by atoms with Gasteiger partial charge >= 0.3 is 0 Å². The number of rotatable bonds is 4. The Labute approximate surface area is 127 Å². The zero-order valence-corrected chi connectivity index (χ0v) is 12.7. The maximum absolute atomic E-state index is 6.08. The molecule has 0 unspecified atom stereocenters. The molecule has 0 spiro atoms. The van der Waals surface area contributed by atoms with Crippen molar-refractivity contribution in [3.05, 3.63) is 41.4 Å². The molecule has 21 heavy (non-hydrogen) atoms. The van der Waals surface area contributed by atoms with Crippen LogP contribution in [0, 0.1) is 6.92 Å². The molecule has 0 aliphatic carbocycles. The van der Waals surface area contributed by atoms with Gasteiger partial charge in [0.25, 0.3) is 0 Å². The average Bonchev–Trinajstić information content (AvgIpc) is 2.81. The number of fused-ring (bicyclic) bond motifs is 1. The molecule has 108 valence electrons. The van der Waals surface area contributed by atoms with E-state index in [4.69, 9.17) is 15.2 Å². The van der Waals surface area contributed by atoms with Crippen LogP contribution >= 0.6 is 11.3 Å². The van der Waals surface area contributed by atoms with Gasteiger partial charge in [0.15, 0.2) is 17.2 Å². The quantitative estimate of drug-likeness (QED) is 0.726. The summed E-state index contributed by atoms with van der Waals surface area (Å²) in [5.41, 5.74) is 7.57. The lowest BCUT2D eigenvalue weighted by molar-refractivity contribution is 0.321. The maximum Gasteiger partial charge on any atom is 0.169 e. The largest absolute Gasteiger partial charge is 0.490 e. The van der Waals surface area contributed by atoms with E-state index in [9.17, 15) is 0 Å². The molecule has 2 N–H and O–H groups in total. The van der Waals surface area contributed by atoms with Crippen LogP contribution in [0.1, 0.15) is 11.9 Å². The summed E-state index contributed by atoms with van der Waals surface area (Å²) in [5, 5.41) is 1.01. The molecular weight excluding hydrogens is 284 g/mol. The topological polar surface area (TPSA) is 57.4 Å². The van der Waals surface area contributed by atoms with Crippen LogP contribution in [-0.4, -0.2) is 11.6 Å². The molecule has 0 saturated heterocycles. The number of ether oxygens (including phenoxy) is 2. The molecular formula is C16H16N2O2S. The van der Waals surface area contributed by atoms with Gasteiger partial charge < -0.3 is 15.2 Å². The molecule has 3 rings (SSSR count). The number of hydrogen-bond donors (Lipinski definition) is 1. The van der Waals surface area contributed by atoms with Crippen molar-refractivity contribution < 1.29 is 9.47 Å². The first-order chi connectivity index (χ1) is 10.2. The lowest BCUT2D eigenvalue weighted by Gasteiger charge is -2.12. The van der Waals surface area contributed by atoms with Gasteiger partial charge in [-0.25, -0.2) is 4.98 Å². The predicted octanol–water partition coefficient (Wildman–Crippen LogP) is 4.38. The second-order valence-electron chi connectivity index (χ2n) is 4.57. The Morgan fingerprint density at radius 2 is 1.90 bits per heavy atom. The SMILES string of the molecule is CCOc1ccccc1Oc1cc2nc(C)sc2cc1N. The van der Waals surface area contributed by atoms with Crippen LogP contribution in [0.15, 0.2) is 36.4 Å². The van der Waals surface area contributed by atoms with E-state index >= 15 is 0 Å². The maximum atomic E-state index is 6.08. The van der Waals surface area contributed by atoms with E-state index in [-0.39, 0.29) is 0 Å². The number of aryl methyl sites for hydroxylation is 1. The number of nitrogen functional groups attached to an aromatic ring is 1. The Morgan fingerprint density at radius 1 is 1.14 bits per heavy atom. The fourth-order valence-electron chi connectivity index (χ4n) is 2.10. The minimum absolute atomic E-state index is 0.584. The monoisotopic (exact) mass is 300 g/mol. The van der Waals surface area contributed by atoms with Crippen LogP contribution in [0.5, 0.6) is 17.2 Å². The van der Waals surface area contributed by atoms with Crippen LogP contribution < -0.4 is 15.2 Å². The summed E-state index contributed by atoms with van der Waals surface area (Å²) in [4.78, 5) is 4.47. The average molecular weight is 300 g/mol. The number of aromatic nitrogens is 1. The predicted molar refractivity (Wildman–Crippen MR) is 86.5 cm³/mol. The molecule has 0 atom stereocenters. The molecule has 0 amide bonds. The molecule has 3 aromatic rings. The van der Waals surface area contributed by atoms with Crippen molar-refractivity contribution >= 4 is 27.2 Å². The van der Waals surface area contributed by atoms with E-state index in [0.29, 0.717) is 29.5 Å². The van der Waals surface area contributed by atoms with E-state index in [1.54, 1.807) is 11.3 Å². The van der Waals surface area contributed by atoms with E-state index in [2.05, 4.69) is 4.98 Å². The molecule has 0 saturated carbocycles. The highest BCUT2D eigenvalue weighted by molar-refractivity contribution is 7.18. The summed E-state index contributed by atoms with van der Waals surface area (Å²) in [6, 6.07) is 11.3. The van der Waals surface area contributed by atoms with E-state index in [1.165, 1.54) is 0 Å². The molecule has 0 bridgehead atoms. The smallest absolute Gasteiger partial charge is 0.169 e. The zero-order chi connectivity index (χ0) is 14.8. The van der Waals surface area contributed by atoms with Crippen LogP contribution in [0.25, 0.3) is 10.2 Å². The molecule has 1 heterocycles. The third kappa shape index (κ3) is 2.78. The Balaban J connectivity index is 1.99. The van der Waals surface area contributed by atoms with Gasteiger partial charge in [-0.2, -0.15) is 0 Å². The number of hydrogen-bond acceptors (Lipinski definition) is 5. The van der Waals surface area contributed by atoms with Gasteiger partial charge in [0.1, 0.15) is 0 Å². The molecule has 2 aromatic carbocycles. The van der Waals surface area contributed by atoms with E-state index in [1.807, 2.05) is 50.2 Å². The highest BCUT2D eigenvalue weighted by Crippen LogP contribution is 2.37. The Kier molecular flexibility index (Phi) is 3.66. The molecule has 0 radical (unpaired) electrons. The fourth-order valence-corrected chi connectivity index (χ4v) is 2.96. The molecule has 0 aliphatic heterocycles. The van der Waals surface area contributed by atoms with Crippen molar-refractivity contribution in [1.29, 1.82) is 0 Å². The highest BCUT2D eigenvalue weighted by atomic mass is 32.1. The van der Waals surface area contributed by atoms with Crippen LogP contribution in [0.4, 0.5) is 5.69 Å². The third-order valence-corrected chi connectivity index (χ3v) is 3.93. The minimum atomic E-state index is 0.584. The lowest BCUT2D eigenvalue weighted by atomic mass is 10.2. The van der Waals surface area contributed by atoms with Crippen molar-refractivity contribution in [3.63, 3.8) is 0 Å². The first kappa shape index (κ1) is 13.7. The van der Waals surface area contributed by atoms with Gasteiger partial charge in [-0.15, -0.1) is 11.3 Å². The summed E-state index contributed by atoms with van der Waals surface area (Å²) in [7, 11) is 0. The highest BCUT2D eigenvalue weighted by Gasteiger charge is 2.11. The van der Waals surface area contributed by atoms with Crippen molar-refractivity contribution in [2.24, 2.45) is 0 Å². The fraction of sp³-hybridized carbons (Fsp3) is 0.188. The van der Waals surface area contributed by atoms with Gasteiger partial charge in [-0.05, 0) is 32.0 Å². The molecule has 0 aliphatic rings. The summed E-state index contributed by atoms with van der Waals surface area (Å²) in [6.45, 7) is 4.50. The first-order valence-corrected chi connectivity index (χ1v) is 7.55. The van der Waals surface area contributed by atoms with Crippen LogP contribution in [0.2, 0.25) is 0 Å². The summed E-state index contributed by atoms with van der Waals surface area (Å²) >= 11 is 1.62. The normalized spacial score (nSPS) is 10.8. The van der Waals surface area contributed by atoms with Crippen molar-refractivity contribution in [2.45, 2.75) is 13.8 Å². The Hall–Kier alpha value is -2.27. The van der Waals surface area contributed by atoms with Gasteiger partial charge in [0, 0.05) is 6.07 Å². The number of nitrogens with two attached hydrogens (primary N) is 1. The van der Waals surface area contributed by atoms with Crippen molar-refractivity contribution in [1.82, 2.24) is 4.98 Å². The summed E-state index contributed by atoms with van der Waals surface area (Å²) in [6.07, 6.45) is 0. The Bertz CT molecular complexity index is 783. The zero-order valence-electron chi connectivity index (χ0n) is 11.9. The standard InChI is InChI=1S/C16H16N2O2S/c1-3-19-13-6-4-5-7-14(13)20-15-9-12-16(8-11(15)17)21-10(2)18-12/h4-9H,3,17H2,1-2H3. The van der Waals surface area contributed by atoms with Crippen molar-refractivity contribution in [2.75, 3.05) is 12.3 Å².